The fourth-order valence-corrected chi connectivity index (χ4v) is 6.62. The third kappa shape index (κ3) is 3.67. The molecule has 0 aliphatic carbocycles. The van der Waals surface area contributed by atoms with E-state index in [-0.39, 0.29) is 36.1 Å². The van der Waals surface area contributed by atoms with Gasteiger partial charge in [-0.15, -0.1) is 0 Å². The molecule has 29 heavy (non-hydrogen) atoms. The molecule has 2 aromatic rings. The summed E-state index contributed by atoms with van der Waals surface area (Å²) in [5.41, 5.74) is 0.885. The monoisotopic (exact) mass is 440 g/mol. The van der Waals surface area contributed by atoms with Crippen molar-refractivity contribution < 1.29 is 21.6 Å². The molecule has 1 aromatic heterocycles. The van der Waals surface area contributed by atoms with Gasteiger partial charge in [-0.25, -0.2) is 21.8 Å². The Morgan fingerprint density at radius 2 is 1.69 bits per heavy atom. The zero-order valence-corrected chi connectivity index (χ0v) is 18.0. The van der Waals surface area contributed by atoms with Gasteiger partial charge in [0.2, 0.25) is 10.0 Å². The Labute approximate surface area is 171 Å². The molecular formula is C18H24N4O5S2. The highest BCUT2D eigenvalue weighted by atomic mass is 32.2. The topological polar surface area (TPSA) is 102 Å². The number of aryl methyl sites for hydroxylation is 2. The average Bonchev–Trinajstić information content (AvgIpc) is 3.18. The first-order valence-electron chi connectivity index (χ1n) is 9.45. The van der Waals surface area contributed by atoms with Gasteiger partial charge in [0, 0.05) is 45.8 Å². The van der Waals surface area contributed by atoms with Crippen molar-refractivity contribution in [3.05, 3.63) is 35.8 Å². The number of sulfonamides is 2. The summed E-state index contributed by atoms with van der Waals surface area (Å²) in [6, 6.07) is 4.90. The van der Waals surface area contributed by atoms with Crippen LogP contribution in [-0.4, -0.2) is 67.8 Å². The molecule has 0 N–H and O–H groups in total. The first-order valence-corrected chi connectivity index (χ1v) is 12.3. The third-order valence-corrected chi connectivity index (χ3v) is 9.07. The molecule has 3 heterocycles. The molecule has 11 heteroatoms. The van der Waals surface area contributed by atoms with Gasteiger partial charge in [-0.1, -0.05) is 0 Å². The minimum absolute atomic E-state index is 0.00701. The fraction of sp³-hybridized carbons (Fsp3) is 0.500. The molecule has 1 fully saturated rings. The van der Waals surface area contributed by atoms with E-state index in [1.165, 1.54) is 14.8 Å². The summed E-state index contributed by atoms with van der Waals surface area (Å²) in [7, 11) is -5.74. The van der Waals surface area contributed by atoms with Crippen molar-refractivity contribution in [2.24, 2.45) is 7.05 Å². The molecule has 0 radical (unpaired) electrons. The summed E-state index contributed by atoms with van der Waals surface area (Å²) in [6.45, 7) is 3.00. The maximum atomic E-state index is 13.1. The Kier molecular flexibility index (Phi) is 5.18. The Balaban J connectivity index is 1.54. The summed E-state index contributed by atoms with van der Waals surface area (Å²) >= 11 is 0. The lowest BCUT2D eigenvalue weighted by molar-refractivity contribution is 0.356. The number of benzene rings is 1. The second kappa shape index (κ2) is 7.38. The van der Waals surface area contributed by atoms with Crippen LogP contribution in [-0.2, 0) is 33.5 Å². The van der Waals surface area contributed by atoms with Gasteiger partial charge in [0.1, 0.15) is 11.6 Å². The quantitative estimate of drug-likeness (QED) is 0.695. The summed E-state index contributed by atoms with van der Waals surface area (Å²) in [5.74, 6) is 1.32. The van der Waals surface area contributed by atoms with Crippen LogP contribution in [0.25, 0.3) is 0 Å². The molecule has 1 saturated heterocycles. The van der Waals surface area contributed by atoms with Crippen molar-refractivity contribution in [3.63, 3.8) is 0 Å². The molecule has 0 amide bonds. The molecule has 0 spiro atoms. The smallest absolute Gasteiger partial charge is 0.262 e. The van der Waals surface area contributed by atoms with Crippen molar-refractivity contribution in [2.45, 2.75) is 29.7 Å². The number of imidazole rings is 1. The lowest BCUT2D eigenvalue weighted by Crippen LogP contribution is -2.37. The number of fused-ring (bicyclic) bond motifs is 1. The highest BCUT2D eigenvalue weighted by Gasteiger charge is 2.33. The average molecular weight is 441 g/mol. The molecule has 2 aliphatic heterocycles. The van der Waals surface area contributed by atoms with Gasteiger partial charge >= 0.3 is 0 Å². The van der Waals surface area contributed by atoms with E-state index >= 15 is 0 Å². The van der Waals surface area contributed by atoms with Gasteiger partial charge < -0.3 is 9.30 Å². The number of aromatic nitrogens is 2. The first kappa shape index (κ1) is 20.3. The molecule has 0 bridgehead atoms. The third-order valence-electron chi connectivity index (χ3n) is 5.40. The van der Waals surface area contributed by atoms with E-state index in [0.29, 0.717) is 25.3 Å². The molecule has 1 aromatic carbocycles. The van der Waals surface area contributed by atoms with E-state index in [1.807, 2.05) is 0 Å². The number of ether oxygens (including phenoxy) is 1. The van der Waals surface area contributed by atoms with Crippen molar-refractivity contribution in [3.8, 4) is 5.75 Å². The van der Waals surface area contributed by atoms with Crippen LogP contribution in [0.3, 0.4) is 0 Å². The van der Waals surface area contributed by atoms with E-state index < -0.39 is 20.0 Å². The number of rotatable bonds is 4. The fourth-order valence-electron chi connectivity index (χ4n) is 3.61. The van der Waals surface area contributed by atoms with Crippen molar-refractivity contribution in [1.82, 2.24) is 18.2 Å². The van der Waals surface area contributed by atoms with Gasteiger partial charge in [-0.3, -0.25) is 0 Å². The van der Waals surface area contributed by atoms with Crippen LogP contribution in [0, 0.1) is 6.92 Å². The van der Waals surface area contributed by atoms with Crippen molar-refractivity contribution in [1.29, 1.82) is 0 Å². The SMILES string of the molecule is Cc1nc(S(=O)(=O)N2CCCN(S(=O)(=O)c3ccc4c(c3)CCO4)CC2)cn1C. The van der Waals surface area contributed by atoms with Crippen LogP contribution in [0.2, 0.25) is 0 Å². The largest absolute Gasteiger partial charge is 0.493 e. The van der Waals surface area contributed by atoms with Crippen LogP contribution in [0.15, 0.2) is 34.3 Å². The highest BCUT2D eigenvalue weighted by molar-refractivity contribution is 7.89. The zero-order valence-electron chi connectivity index (χ0n) is 16.4. The van der Waals surface area contributed by atoms with Gasteiger partial charge in [0.05, 0.1) is 11.5 Å². The second-order valence-corrected chi connectivity index (χ2v) is 11.1. The predicted octanol–water partition coefficient (Wildman–Crippen LogP) is 0.749. The lowest BCUT2D eigenvalue weighted by atomic mass is 10.2. The van der Waals surface area contributed by atoms with Gasteiger partial charge in [0.25, 0.3) is 10.0 Å². The molecule has 4 rings (SSSR count). The number of hydrogen-bond donors (Lipinski definition) is 0. The van der Waals surface area contributed by atoms with Crippen LogP contribution in [0.5, 0.6) is 5.75 Å². The molecular weight excluding hydrogens is 416 g/mol. The minimum Gasteiger partial charge on any atom is -0.493 e. The van der Waals surface area contributed by atoms with E-state index in [4.69, 9.17) is 4.74 Å². The molecule has 0 atom stereocenters. The minimum atomic E-state index is -3.77. The van der Waals surface area contributed by atoms with Crippen molar-refractivity contribution in [2.75, 3.05) is 32.8 Å². The maximum Gasteiger partial charge on any atom is 0.262 e. The number of hydrogen-bond acceptors (Lipinski definition) is 6. The Morgan fingerprint density at radius 3 is 2.34 bits per heavy atom. The molecule has 0 saturated carbocycles. The maximum absolute atomic E-state index is 13.1. The molecule has 2 aliphatic rings. The van der Waals surface area contributed by atoms with Gasteiger partial charge in [0.15, 0.2) is 5.03 Å². The van der Waals surface area contributed by atoms with E-state index in [9.17, 15) is 16.8 Å². The summed E-state index contributed by atoms with van der Waals surface area (Å²) in [5, 5.41) is -0.00701. The van der Waals surface area contributed by atoms with Gasteiger partial charge in [-0.2, -0.15) is 8.61 Å². The Morgan fingerprint density at radius 1 is 1.00 bits per heavy atom. The van der Waals surface area contributed by atoms with Crippen LogP contribution >= 0.6 is 0 Å². The zero-order chi connectivity index (χ0) is 20.8. The molecule has 158 valence electrons. The molecule has 0 unspecified atom stereocenters. The summed E-state index contributed by atoms with van der Waals surface area (Å²) in [6.07, 6.45) is 2.59. The molecule has 9 nitrogen and oxygen atoms in total. The van der Waals surface area contributed by atoms with Crippen LogP contribution < -0.4 is 4.74 Å². The summed E-state index contributed by atoms with van der Waals surface area (Å²) in [4.78, 5) is 4.35. The first-order chi connectivity index (χ1) is 13.7. The second-order valence-electron chi connectivity index (χ2n) is 7.27. The van der Waals surface area contributed by atoms with E-state index in [0.717, 1.165) is 11.3 Å². The van der Waals surface area contributed by atoms with Crippen LogP contribution in [0.1, 0.15) is 17.8 Å². The highest BCUT2D eigenvalue weighted by Crippen LogP contribution is 2.29. The van der Waals surface area contributed by atoms with E-state index in [1.54, 1.807) is 36.7 Å². The summed E-state index contributed by atoms with van der Waals surface area (Å²) < 4.78 is 61.9. The van der Waals surface area contributed by atoms with Gasteiger partial charge in [-0.05, 0) is 37.1 Å². The van der Waals surface area contributed by atoms with E-state index in [2.05, 4.69) is 4.98 Å². The predicted molar refractivity (Wildman–Crippen MR) is 106 cm³/mol. The Hall–Kier alpha value is -1.95. The lowest BCUT2D eigenvalue weighted by Gasteiger charge is -2.21. The van der Waals surface area contributed by atoms with Crippen LogP contribution in [0.4, 0.5) is 0 Å². The standard InChI is InChI=1S/C18H24N4O5S2/c1-14-19-18(13-20(14)2)29(25,26)22-8-3-7-21(9-10-22)28(23,24)16-4-5-17-15(12-16)6-11-27-17/h4-5,12-13H,3,6-11H2,1-2H3. The number of nitrogens with zero attached hydrogens (tertiary/aromatic N) is 4. The Bertz CT molecular complexity index is 1120. The van der Waals surface area contributed by atoms with Crippen molar-refractivity contribution >= 4 is 20.0 Å². The normalized spacial score (nSPS) is 19.0.